The van der Waals surface area contributed by atoms with Crippen molar-refractivity contribution in [1.82, 2.24) is 10.3 Å². The van der Waals surface area contributed by atoms with Crippen molar-refractivity contribution in [3.05, 3.63) is 82.9 Å². The molecule has 1 amide bonds. The van der Waals surface area contributed by atoms with Crippen molar-refractivity contribution in [1.29, 1.82) is 0 Å². The number of hydrogen-bond acceptors (Lipinski definition) is 4. The Morgan fingerprint density at radius 2 is 1.96 bits per heavy atom. The highest BCUT2D eigenvalue weighted by Crippen LogP contribution is 2.27. The highest BCUT2D eigenvalue weighted by molar-refractivity contribution is 8.18. The quantitative estimate of drug-likeness (QED) is 0.730. The van der Waals surface area contributed by atoms with Crippen molar-refractivity contribution in [2.75, 3.05) is 0 Å². The van der Waals surface area contributed by atoms with Gasteiger partial charge in [-0.3, -0.25) is 14.8 Å². The van der Waals surface area contributed by atoms with E-state index < -0.39 is 0 Å². The van der Waals surface area contributed by atoms with Crippen molar-refractivity contribution < 1.29 is 4.79 Å². The molecule has 1 aromatic heterocycles. The lowest BCUT2D eigenvalue weighted by Gasteiger charge is -1.99. The summed E-state index contributed by atoms with van der Waals surface area (Å²) in [6, 6.07) is 19.9. The van der Waals surface area contributed by atoms with Crippen LogP contribution in [-0.4, -0.2) is 16.1 Å². The highest BCUT2D eigenvalue weighted by atomic mass is 32.2. The summed E-state index contributed by atoms with van der Waals surface area (Å²) in [4.78, 5) is 21.6. The van der Waals surface area contributed by atoms with Crippen molar-refractivity contribution in [2.24, 2.45) is 4.99 Å². The summed E-state index contributed by atoms with van der Waals surface area (Å²) in [5.74, 6) is -0.108. The molecule has 122 valence electrons. The molecule has 1 N–H and O–H groups in total. The highest BCUT2D eigenvalue weighted by Gasteiger charge is 2.23. The fourth-order valence-electron chi connectivity index (χ4n) is 2.58. The van der Waals surface area contributed by atoms with Crippen LogP contribution in [0.2, 0.25) is 0 Å². The Morgan fingerprint density at radius 1 is 1.08 bits per heavy atom. The fraction of sp³-hybridized carbons (Fsp3) is 0.0500. The predicted molar refractivity (Wildman–Crippen MR) is 103 cm³/mol. The van der Waals surface area contributed by atoms with Crippen LogP contribution in [0.3, 0.4) is 0 Å². The van der Waals surface area contributed by atoms with Gasteiger partial charge in [-0.2, -0.15) is 0 Å². The minimum Gasteiger partial charge on any atom is -0.301 e. The first-order valence-electron chi connectivity index (χ1n) is 7.92. The van der Waals surface area contributed by atoms with Crippen LogP contribution in [0.4, 0.5) is 0 Å². The van der Waals surface area contributed by atoms with Crippen LogP contribution in [0, 0.1) is 0 Å². The Hall–Kier alpha value is -2.92. The van der Waals surface area contributed by atoms with Gasteiger partial charge in [-0.25, -0.2) is 0 Å². The molecule has 25 heavy (non-hydrogen) atoms. The molecule has 1 aliphatic rings. The Morgan fingerprint density at radius 3 is 2.84 bits per heavy atom. The molecule has 0 bridgehead atoms. The molecule has 0 radical (unpaired) electrons. The number of nitrogens with one attached hydrogen (secondary N) is 1. The second kappa shape index (κ2) is 6.91. The number of carbonyl (C=O) groups is 1. The molecule has 5 heteroatoms. The summed E-state index contributed by atoms with van der Waals surface area (Å²) in [5.41, 5.74) is 3.03. The Kier molecular flexibility index (Phi) is 4.31. The normalized spacial score (nSPS) is 17.4. The lowest BCUT2D eigenvalue weighted by molar-refractivity contribution is -0.115. The average Bonchev–Trinajstić information content (AvgIpc) is 3.00. The van der Waals surface area contributed by atoms with Crippen LogP contribution in [-0.2, 0) is 11.3 Å². The number of benzene rings is 2. The lowest BCUT2D eigenvalue weighted by atomic mass is 10.1. The van der Waals surface area contributed by atoms with E-state index >= 15 is 0 Å². The number of amidine groups is 1. The molecule has 4 rings (SSSR count). The van der Waals surface area contributed by atoms with Crippen LogP contribution in [0.25, 0.3) is 17.0 Å². The van der Waals surface area contributed by atoms with Gasteiger partial charge in [0.15, 0.2) is 5.17 Å². The third kappa shape index (κ3) is 3.61. The molecule has 1 fully saturated rings. The number of pyridine rings is 1. The zero-order valence-electron chi connectivity index (χ0n) is 13.3. The zero-order valence-corrected chi connectivity index (χ0v) is 14.2. The molecule has 0 atom stereocenters. The molecule has 2 aromatic carbocycles. The second-order valence-electron chi connectivity index (χ2n) is 5.63. The van der Waals surface area contributed by atoms with Crippen LogP contribution >= 0.6 is 11.8 Å². The number of hydrogen-bond donors (Lipinski definition) is 1. The first-order valence-corrected chi connectivity index (χ1v) is 8.74. The van der Waals surface area contributed by atoms with Gasteiger partial charge >= 0.3 is 0 Å². The topological polar surface area (TPSA) is 54.4 Å². The number of nitrogens with zero attached hydrogens (tertiary/aromatic N) is 2. The molecule has 0 spiro atoms. The summed E-state index contributed by atoms with van der Waals surface area (Å²) in [7, 11) is 0. The van der Waals surface area contributed by atoms with Gasteiger partial charge in [0, 0.05) is 11.6 Å². The van der Waals surface area contributed by atoms with Crippen LogP contribution in [0.15, 0.2) is 76.8 Å². The minimum atomic E-state index is -0.108. The molecule has 2 heterocycles. The minimum absolute atomic E-state index is 0.108. The number of amides is 1. The summed E-state index contributed by atoms with van der Waals surface area (Å²) in [5, 5.41) is 4.52. The van der Waals surface area contributed by atoms with Crippen molar-refractivity contribution >= 4 is 39.8 Å². The summed E-state index contributed by atoms with van der Waals surface area (Å²) in [6.45, 7) is 0.554. The van der Waals surface area contributed by atoms with Gasteiger partial charge < -0.3 is 5.32 Å². The number of carbonyl (C=O) groups excluding carboxylic acids is 1. The standard InChI is InChI=1S/C20H15N3OS/c24-19-18(12-15-8-9-17-16(11-15)7-4-10-21-17)25-20(23-19)22-13-14-5-2-1-3-6-14/h1-12H,13H2,(H,22,23,24)/b18-12-. The van der Waals surface area contributed by atoms with E-state index in [0.29, 0.717) is 16.6 Å². The van der Waals surface area contributed by atoms with Gasteiger partial charge in [0.05, 0.1) is 17.0 Å². The predicted octanol–water partition coefficient (Wildman–Crippen LogP) is 3.99. The van der Waals surface area contributed by atoms with Gasteiger partial charge in [-0.1, -0.05) is 42.5 Å². The molecule has 3 aromatic rings. The van der Waals surface area contributed by atoms with Crippen LogP contribution < -0.4 is 5.32 Å². The Bertz CT molecular complexity index is 996. The number of fused-ring (bicyclic) bond motifs is 1. The number of thioether (sulfide) groups is 1. The zero-order chi connectivity index (χ0) is 17.1. The Labute approximate surface area is 149 Å². The van der Waals surface area contributed by atoms with Gasteiger partial charge in [0.25, 0.3) is 5.91 Å². The number of rotatable bonds is 3. The third-order valence-electron chi connectivity index (χ3n) is 3.82. The van der Waals surface area contributed by atoms with E-state index in [-0.39, 0.29) is 5.91 Å². The molecule has 0 unspecified atom stereocenters. The molecule has 1 aliphatic heterocycles. The maximum Gasteiger partial charge on any atom is 0.264 e. The maximum atomic E-state index is 12.2. The number of aliphatic imine (C=N–C) groups is 1. The van der Waals surface area contributed by atoms with E-state index in [4.69, 9.17) is 0 Å². The Balaban J connectivity index is 1.54. The molecule has 0 saturated carbocycles. The molecule has 4 nitrogen and oxygen atoms in total. The van der Waals surface area contributed by atoms with E-state index in [9.17, 15) is 4.79 Å². The maximum absolute atomic E-state index is 12.2. The summed E-state index contributed by atoms with van der Waals surface area (Å²) in [6.07, 6.45) is 3.66. The van der Waals surface area contributed by atoms with Gasteiger partial charge in [0.1, 0.15) is 0 Å². The first kappa shape index (κ1) is 15.6. The van der Waals surface area contributed by atoms with Gasteiger partial charge in [-0.05, 0) is 47.2 Å². The molecule has 0 aliphatic carbocycles. The third-order valence-corrected chi connectivity index (χ3v) is 4.77. The largest absolute Gasteiger partial charge is 0.301 e. The van der Waals surface area contributed by atoms with E-state index in [1.54, 1.807) is 6.20 Å². The second-order valence-corrected chi connectivity index (χ2v) is 6.66. The average molecular weight is 345 g/mol. The van der Waals surface area contributed by atoms with Gasteiger partial charge in [-0.15, -0.1) is 0 Å². The van der Waals surface area contributed by atoms with E-state index in [0.717, 1.165) is 22.0 Å². The van der Waals surface area contributed by atoms with Gasteiger partial charge in [0.2, 0.25) is 0 Å². The monoisotopic (exact) mass is 345 g/mol. The van der Waals surface area contributed by atoms with E-state index in [2.05, 4.69) is 15.3 Å². The number of aromatic nitrogens is 1. The molecule has 1 saturated heterocycles. The fourth-order valence-corrected chi connectivity index (χ4v) is 3.40. The summed E-state index contributed by atoms with van der Waals surface area (Å²) >= 11 is 1.37. The molecular formula is C20H15N3OS. The lowest BCUT2D eigenvalue weighted by Crippen LogP contribution is -2.19. The van der Waals surface area contributed by atoms with Crippen LogP contribution in [0.1, 0.15) is 11.1 Å². The first-order chi connectivity index (χ1) is 12.3. The summed E-state index contributed by atoms with van der Waals surface area (Å²) < 4.78 is 0. The van der Waals surface area contributed by atoms with E-state index in [1.807, 2.05) is 66.7 Å². The molecular weight excluding hydrogens is 330 g/mol. The SMILES string of the molecule is O=C1NC(=NCc2ccccc2)S/C1=C\c1ccc2ncccc2c1. The van der Waals surface area contributed by atoms with Crippen molar-refractivity contribution in [3.63, 3.8) is 0 Å². The van der Waals surface area contributed by atoms with E-state index in [1.165, 1.54) is 11.8 Å². The van der Waals surface area contributed by atoms with Crippen molar-refractivity contribution in [3.8, 4) is 0 Å². The van der Waals surface area contributed by atoms with Crippen LogP contribution in [0.5, 0.6) is 0 Å². The smallest absolute Gasteiger partial charge is 0.264 e. The van der Waals surface area contributed by atoms with Crippen molar-refractivity contribution in [2.45, 2.75) is 6.54 Å².